The number of H-pyrrole nitrogens is 1. The van der Waals surface area contributed by atoms with E-state index in [9.17, 15) is 4.79 Å². The van der Waals surface area contributed by atoms with Crippen LogP contribution < -0.4 is 5.69 Å². The number of aromatic amines is 1. The van der Waals surface area contributed by atoms with E-state index in [4.69, 9.17) is 0 Å². The number of imidazole rings is 1. The Morgan fingerprint density at radius 2 is 2.08 bits per heavy atom. The molecular weight excluding hydrogens is 164 g/mol. The number of hydrogen-bond donors (Lipinski definition) is 1. The Balaban J connectivity index is 3.17. The minimum atomic E-state index is -0.123. The minimum absolute atomic E-state index is 0.00375. The lowest BCUT2D eigenvalue weighted by Gasteiger charge is -2.22. The van der Waals surface area contributed by atoms with Crippen LogP contribution in [0.4, 0.5) is 0 Å². The zero-order valence-corrected chi connectivity index (χ0v) is 8.85. The lowest BCUT2D eigenvalue weighted by molar-refractivity contribution is 0.373. The van der Waals surface area contributed by atoms with Crippen LogP contribution in [-0.2, 0) is 12.0 Å². The van der Waals surface area contributed by atoms with E-state index in [0.717, 1.165) is 18.5 Å². The summed E-state index contributed by atoms with van der Waals surface area (Å²) in [6.07, 6.45) is 3.83. The summed E-state index contributed by atoms with van der Waals surface area (Å²) in [5.74, 6) is 0. The quantitative estimate of drug-likeness (QED) is 0.745. The van der Waals surface area contributed by atoms with Crippen LogP contribution in [0.2, 0.25) is 0 Å². The van der Waals surface area contributed by atoms with Crippen molar-refractivity contribution in [3.63, 3.8) is 0 Å². The molecule has 1 heterocycles. The van der Waals surface area contributed by atoms with Gasteiger partial charge in [-0.05, 0) is 27.2 Å². The molecule has 0 atom stereocenters. The van der Waals surface area contributed by atoms with Crippen LogP contribution in [0, 0.1) is 0 Å². The van der Waals surface area contributed by atoms with Crippen LogP contribution >= 0.6 is 0 Å². The van der Waals surface area contributed by atoms with Crippen LogP contribution in [0.25, 0.3) is 0 Å². The largest absolute Gasteiger partial charge is 0.326 e. The van der Waals surface area contributed by atoms with E-state index in [1.807, 2.05) is 31.5 Å². The molecule has 0 fully saturated rings. The van der Waals surface area contributed by atoms with Crippen molar-refractivity contribution in [3.8, 4) is 0 Å². The molecule has 0 radical (unpaired) electrons. The maximum Gasteiger partial charge on any atom is 0.326 e. The molecular formula is C10H18N2O. The fourth-order valence-corrected chi connectivity index (χ4v) is 1.58. The third kappa shape index (κ3) is 2.02. The number of aromatic nitrogens is 2. The van der Waals surface area contributed by atoms with Crippen LogP contribution in [0.15, 0.2) is 11.0 Å². The Hall–Kier alpha value is -0.990. The highest BCUT2D eigenvalue weighted by molar-refractivity contribution is 5.02. The van der Waals surface area contributed by atoms with Crippen molar-refractivity contribution in [2.45, 2.75) is 46.1 Å². The van der Waals surface area contributed by atoms with Gasteiger partial charge in [-0.25, -0.2) is 4.79 Å². The number of rotatable bonds is 2. The first-order valence-corrected chi connectivity index (χ1v) is 4.76. The molecule has 0 aliphatic heterocycles. The van der Waals surface area contributed by atoms with Crippen LogP contribution in [0.1, 0.15) is 39.8 Å². The maximum absolute atomic E-state index is 11.5. The molecule has 1 aromatic heterocycles. The van der Waals surface area contributed by atoms with Gasteiger partial charge in [0, 0.05) is 17.4 Å². The van der Waals surface area contributed by atoms with Crippen LogP contribution in [-0.4, -0.2) is 9.55 Å². The Bertz CT molecular complexity index is 327. The Morgan fingerprint density at radius 1 is 1.46 bits per heavy atom. The van der Waals surface area contributed by atoms with Gasteiger partial charge in [0.1, 0.15) is 0 Å². The Kier molecular flexibility index (Phi) is 2.64. The smallest absolute Gasteiger partial charge is 0.312 e. The van der Waals surface area contributed by atoms with Gasteiger partial charge in [-0.3, -0.25) is 4.57 Å². The van der Waals surface area contributed by atoms with Gasteiger partial charge >= 0.3 is 5.69 Å². The minimum Gasteiger partial charge on any atom is -0.312 e. The Labute approximate surface area is 78.8 Å². The summed E-state index contributed by atoms with van der Waals surface area (Å²) >= 11 is 0. The molecule has 0 saturated carbocycles. The molecule has 0 bridgehead atoms. The molecule has 0 unspecified atom stereocenters. The van der Waals surface area contributed by atoms with E-state index < -0.39 is 0 Å². The van der Waals surface area contributed by atoms with Crippen molar-refractivity contribution in [3.05, 3.63) is 22.4 Å². The lowest BCUT2D eigenvalue weighted by atomic mass is 10.1. The lowest BCUT2D eigenvalue weighted by Crippen LogP contribution is -2.33. The maximum atomic E-state index is 11.5. The summed E-state index contributed by atoms with van der Waals surface area (Å²) in [7, 11) is 0. The van der Waals surface area contributed by atoms with Crippen molar-refractivity contribution in [1.29, 1.82) is 0 Å². The molecule has 0 saturated heterocycles. The fraction of sp³-hybridized carbons (Fsp3) is 0.700. The zero-order chi connectivity index (χ0) is 10.1. The third-order valence-electron chi connectivity index (χ3n) is 2.03. The number of nitrogens with zero attached hydrogens (tertiary/aromatic N) is 1. The molecule has 0 amide bonds. The highest BCUT2D eigenvalue weighted by atomic mass is 16.1. The first-order valence-electron chi connectivity index (χ1n) is 4.76. The van der Waals surface area contributed by atoms with Gasteiger partial charge in [-0.2, -0.15) is 0 Å². The van der Waals surface area contributed by atoms with E-state index in [2.05, 4.69) is 11.9 Å². The summed E-state index contributed by atoms with van der Waals surface area (Å²) in [4.78, 5) is 14.2. The SMILES string of the molecule is CCCc1c[nH]c(=O)n1C(C)(C)C. The second kappa shape index (κ2) is 3.40. The predicted octanol–water partition coefficient (Wildman–Crippen LogP) is 1.88. The van der Waals surface area contributed by atoms with E-state index >= 15 is 0 Å². The van der Waals surface area contributed by atoms with Gasteiger partial charge in [0.15, 0.2) is 0 Å². The van der Waals surface area contributed by atoms with Crippen LogP contribution in [0.5, 0.6) is 0 Å². The topological polar surface area (TPSA) is 37.8 Å². The second-order valence-electron chi connectivity index (χ2n) is 4.34. The van der Waals surface area contributed by atoms with Crippen molar-refractivity contribution >= 4 is 0 Å². The number of aryl methyl sites for hydroxylation is 1. The molecule has 0 aliphatic rings. The highest BCUT2D eigenvalue weighted by Gasteiger charge is 2.18. The molecule has 3 nitrogen and oxygen atoms in total. The molecule has 0 aromatic carbocycles. The van der Waals surface area contributed by atoms with Gasteiger partial charge < -0.3 is 4.98 Å². The summed E-state index contributed by atoms with van der Waals surface area (Å²) < 4.78 is 1.83. The summed E-state index contributed by atoms with van der Waals surface area (Å²) in [6.45, 7) is 8.24. The van der Waals surface area contributed by atoms with E-state index in [1.54, 1.807) is 0 Å². The van der Waals surface area contributed by atoms with Gasteiger partial charge in [-0.15, -0.1) is 0 Å². The normalized spacial score (nSPS) is 12.0. The zero-order valence-electron chi connectivity index (χ0n) is 8.85. The van der Waals surface area contributed by atoms with Gasteiger partial charge in [0.2, 0.25) is 0 Å². The molecule has 0 aliphatic carbocycles. The third-order valence-corrected chi connectivity index (χ3v) is 2.03. The summed E-state index contributed by atoms with van der Waals surface area (Å²) in [5.41, 5.74) is 0.970. The monoisotopic (exact) mass is 182 g/mol. The first-order chi connectivity index (χ1) is 5.96. The number of hydrogen-bond acceptors (Lipinski definition) is 1. The van der Waals surface area contributed by atoms with Crippen molar-refractivity contribution in [1.82, 2.24) is 9.55 Å². The van der Waals surface area contributed by atoms with Gasteiger partial charge in [0.05, 0.1) is 0 Å². The first kappa shape index (κ1) is 10.1. The van der Waals surface area contributed by atoms with E-state index in [1.165, 1.54) is 0 Å². The molecule has 74 valence electrons. The van der Waals surface area contributed by atoms with Crippen molar-refractivity contribution in [2.24, 2.45) is 0 Å². The van der Waals surface area contributed by atoms with E-state index in [0.29, 0.717) is 0 Å². The predicted molar refractivity (Wildman–Crippen MR) is 54.0 cm³/mol. The molecule has 1 rings (SSSR count). The second-order valence-corrected chi connectivity index (χ2v) is 4.34. The van der Waals surface area contributed by atoms with Gasteiger partial charge in [-0.1, -0.05) is 13.3 Å². The molecule has 0 spiro atoms. The standard InChI is InChI=1S/C10H18N2O/c1-5-6-8-7-11-9(13)12(8)10(2,3)4/h7H,5-6H2,1-4H3,(H,11,13). The van der Waals surface area contributed by atoms with Crippen molar-refractivity contribution < 1.29 is 0 Å². The molecule has 1 N–H and O–H groups in total. The highest BCUT2D eigenvalue weighted by Crippen LogP contribution is 2.14. The summed E-state index contributed by atoms with van der Waals surface area (Å²) in [6, 6.07) is 0. The van der Waals surface area contributed by atoms with Crippen LogP contribution in [0.3, 0.4) is 0 Å². The Morgan fingerprint density at radius 3 is 2.54 bits per heavy atom. The number of nitrogens with one attached hydrogen (secondary N) is 1. The van der Waals surface area contributed by atoms with Gasteiger partial charge in [0.25, 0.3) is 0 Å². The van der Waals surface area contributed by atoms with Crippen molar-refractivity contribution in [2.75, 3.05) is 0 Å². The fourth-order valence-electron chi connectivity index (χ4n) is 1.58. The van der Waals surface area contributed by atoms with E-state index in [-0.39, 0.29) is 11.2 Å². The summed E-state index contributed by atoms with van der Waals surface area (Å²) in [5, 5.41) is 0. The average Bonchev–Trinajstić information content (AvgIpc) is 2.31. The molecule has 3 heteroatoms. The average molecular weight is 182 g/mol. The molecule has 1 aromatic rings. The molecule has 13 heavy (non-hydrogen) atoms.